The van der Waals surface area contributed by atoms with Crippen LogP contribution in [0.2, 0.25) is 0 Å². The average molecular weight is 179 g/mol. The van der Waals surface area contributed by atoms with Crippen molar-refractivity contribution in [1.82, 2.24) is 0 Å². The van der Waals surface area contributed by atoms with Gasteiger partial charge in [0.2, 0.25) is 0 Å². The molecule has 0 aliphatic carbocycles. The van der Waals surface area contributed by atoms with Crippen LogP contribution in [0, 0.1) is 0 Å². The van der Waals surface area contributed by atoms with E-state index in [1.165, 1.54) is 0 Å². The predicted molar refractivity (Wildman–Crippen MR) is 48.9 cm³/mol. The lowest BCUT2D eigenvalue weighted by Gasteiger charge is -2.10. The molecular weight excluding hydrogens is 169 g/mol. The molecule has 0 amide bonds. The van der Waals surface area contributed by atoms with Crippen molar-refractivity contribution in [2.45, 2.75) is 19.1 Å². The molecule has 0 heterocycles. The van der Waals surface area contributed by atoms with Gasteiger partial charge in [0.25, 0.3) is 0 Å². The number of azide groups is 1. The number of benzene rings is 1. The Morgan fingerprint density at radius 2 is 2.00 bits per heavy atom. The molecule has 0 aliphatic heterocycles. The molecule has 0 saturated carbocycles. The highest BCUT2D eigenvalue weighted by Crippen LogP contribution is 2.22. The molecule has 4 heteroatoms. The van der Waals surface area contributed by atoms with E-state index in [0.29, 0.717) is 5.56 Å². The summed E-state index contributed by atoms with van der Waals surface area (Å²) in [5.74, 6) is 0. The van der Waals surface area contributed by atoms with E-state index in [1.807, 2.05) is 6.07 Å². The lowest BCUT2D eigenvalue weighted by Crippen LogP contribution is -2.06. The molecule has 3 nitrogen and oxygen atoms in total. The molecule has 68 valence electrons. The lowest BCUT2D eigenvalue weighted by molar-refractivity contribution is 0.300. The van der Waals surface area contributed by atoms with Crippen molar-refractivity contribution in [2.24, 2.45) is 5.11 Å². The zero-order valence-electron chi connectivity index (χ0n) is 7.26. The first-order valence-corrected chi connectivity index (χ1v) is 3.99. The van der Waals surface area contributed by atoms with Crippen LogP contribution in [0.3, 0.4) is 0 Å². The fourth-order valence-electron chi connectivity index (χ4n) is 1.06. The first kappa shape index (κ1) is 9.55. The van der Waals surface area contributed by atoms with Crippen LogP contribution >= 0.6 is 0 Å². The summed E-state index contributed by atoms with van der Waals surface area (Å²) in [4.78, 5) is 2.57. The molecule has 0 saturated heterocycles. The molecule has 0 fully saturated rings. The number of rotatable bonds is 3. The van der Waals surface area contributed by atoms with Crippen LogP contribution in [-0.4, -0.2) is 6.04 Å². The Kier molecular flexibility index (Phi) is 3.29. The van der Waals surface area contributed by atoms with E-state index in [0.717, 1.165) is 0 Å². The Bertz CT molecular complexity index is 306. The minimum atomic E-state index is -1.22. The molecule has 2 atom stereocenters. The maximum absolute atomic E-state index is 13.5. The van der Waals surface area contributed by atoms with Crippen molar-refractivity contribution in [3.63, 3.8) is 0 Å². The highest BCUT2D eigenvalue weighted by Gasteiger charge is 2.15. The van der Waals surface area contributed by atoms with Crippen molar-refractivity contribution < 1.29 is 4.39 Å². The minimum absolute atomic E-state index is 0.544. The first-order valence-electron chi connectivity index (χ1n) is 3.99. The lowest BCUT2D eigenvalue weighted by atomic mass is 10.1. The number of nitrogens with zero attached hydrogens (tertiary/aromatic N) is 3. The van der Waals surface area contributed by atoms with Gasteiger partial charge in [0.05, 0.1) is 6.04 Å². The van der Waals surface area contributed by atoms with Crippen molar-refractivity contribution in [1.29, 1.82) is 0 Å². The van der Waals surface area contributed by atoms with Crippen LogP contribution in [0.5, 0.6) is 0 Å². The van der Waals surface area contributed by atoms with Gasteiger partial charge in [-0.05, 0) is 11.1 Å². The highest BCUT2D eigenvalue weighted by atomic mass is 19.1. The van der Waals surface area contributed by atoms with E-state index in [4.69, 9.17) is 5.53 Å². The Hall–Kier alpha value is -1.54. The number of halogens is 1. The van der Waals surface area contributed by atoms with Gasteiger partial charge in [-0.15, -0.1) is 0 Å². The van der Waals surface area contributed by atoms with Gasteiger partial charge in [-0.2, -0.15) is 0 Å². The maximum atomic E-state index is 13.5. The highest BCUT2D eigenvalue weighted by molar-refractivity contribution is 5.18. The van der Waals surface area contributed by atoms with Crippen LogP contribution in [0.15, 0.2) is 35.4 Å². The zero-order valence-corrected chi connectivity index (χ0v) is 7.26. The van der Waals surface area contributed by atoms with Crippen LogP contribution in [0.25, 0.3) is 10.4 Å². The van der Waals surface area contributed by atoms with Crippen LogP contribution in [-0.2, 0) is 0 Å². The van der Waals surface area contributed by atoms with E-state index in [2.05, 4.69) is 10.0 Å². The Morgan fingerprint density at radius 3 is 2.54 bits per heavy atom. The van der Waals surface area contributed by atoms with Gasteiger partial charge in [-0.3, -0.25) is 0 Å². The number of hydrogen-bond donors (Lipinski definition) is 0. The summed E-state index contributed by atoms with van der Waals surface area (Å²) in [6.45, 7) is 1.55. The van der Waals surface area contributed by atoms with E-state index in [-0.39, 0.29) is 0 Å². The number of alkyl halides is 1. The molecule has 0 aliphatic rings. The summed E-state index contributed by atoms with van der Waals surface area (Å²) in [5.41, 5.74) is 8.67. The van der Waals surface area contributed by atoms with Gasteiger partial charge in [0, 0.05) is 4.91 Å². The molecule has 0 unspecified atom stereocenters. The summed E-state index contributed by atoms with van der Waals surface area (Å²) in [6, 6.07) is 8.01. The van der Waals surface area contributed by atoms with Gasteiger partial charge < -0.3 is 0 Å². The van der Waals surface area contributed by atoms with E-state index >= 15 is 0 Å². The second-order valence-electron chi connectivity index (χ2n) is 2.76. The smallest absolute Gasteiger partial charge is 0.133 e. The average Bonchev–Trinajstić information content (AvgIpc) is 2.18. The normalized spacial score (nSPS) is 14.3. The van der Waals surface area contributed by atoms with Gasteiger partial charge in [0.1, 0.15) is 6.17 Å². The minimum Gasteiger partial charge on any atom is -0.242 e. The fourth-order valence-corrected chi connectivity index (χ4v) is 1.06. The Morgan fingerprint density at radius 1 is 1.38 bits per heavy atom. The van der Waals surface area contributed by atoms with Crippen LogP contribution in [0.4, 0.5) is 4.39 Å². The number of hydrogen-bond acceptors (Lipinski definition) is 1. The van der Waals surface area contributed by atoms with E-state index < -0.39 is 12.2 Å². The van der Waals surface area contributed by atoms with E-state index in [9.17, 15) is 4.39 Å². The summed E-state index contributed by atoms with van der Waals surface area (Å²) in [7, 11) is 0. The van der Waals surface area contributed by atoms with E-state index in [1.54, 1.807) is 31.2 Å². The van der Waals surface area contributed by atoms with Crippen molar-refractivity contribution in [3.8, 4) is 0 Å². The topological polar surface area (TPSA) is 48.8 Å². The summed E-state index contributed by atoms with van der Waals surface area (Å²) < 4.78 is 13.5. The quantitative estimate of drug-likeness (QED) is 0.388. The molecule has 1 aromatic carbocycles. The Labute approximate surface area is 75.8 Å². The summed E-state index contributed by atoms with van der Waals surface area (Å²) >= 11 is 0. The molecule has 0 aromatic heterocycles. The third-order valence-corrected chi connectivity index (χ3v) is 1.78. The van der Waals surface area contributed by atoms with Crippen LogP contribution < -0.4 is 0 Å². The molecule has 13 heavy (non-hydrogen) atoms. The third kappa shape index (κ3) is 2.46. The van der Waals surface area contributed by atoms with Gasteiger partial charge in [0.15, 0.2) is 0 Å². The second kappa shape index (κ2) is 4.48. The van der Waals surface area contributed by atoms with Crippen molar-refractivity contribution in [2.75, 3.05) is 0 Å². The summed E-state index contributed by atoms with van der Waals surface area (Å²) in [6.07, 6.45) is -1.22. The van der Waals surface area contributed by atoms with Crippen molar-refractivity contribution in [3.05, 3.63) is 46.3 Å². The molecule has 1 rings (SSSR count). The van der Waals surface area contributed by atoms with Crippen LogP contribution in [0.1, 0.15) is 18.7 Å². The molecule has 0 bridgehead atoms. The Balaban J connectivity index is 2.79. The maximum Gasteiger partial charge on any atom is 0.133 e. The fraction of sp³-hybridized carbons (Fsp3) is 0.333. The molecule has 0 radical (unpaired) electrons. The largest absolute Gasteiger partial charge is 0.242 e. The van der Waals surface area contributed by atoms with Gasteiger partial charge in [-0.25, -0.2) is 4.39 Å². The predicted octanol–water partition coefficient (Wildman–Crippen LogP) is 3.40. The zero-order chi connectivity index (χ0) is 9.68. The molecule has 0 N–H and O–H groups in total. The SMILES string of the molecule is C[C@H](N=[N+]=[N-])[C@H](F)c1ccccc1. The molecule has 1 aromatic rings. The van der Waals surface area contributed by atoms with Gasteiger partial charge >= 0.3 is 0 Å². The molecule has 0 spiro atoms. The van der Waals surface area contributed by atoms with Crippen molar-refractivity contribution >= 4 is 0 Å². The second-order valence-corrected chi connectivity index (χ2v) is 2.76. The monoisotopic (exact) mass is 179 g/mol. The molecular formula is C9H10FN3. The standard InChI is InChI=1S/C9H10FN3/c1-7(12-13-11)9(10)8-5-3-2-4-6-8/h2-7,9H,1H3/t7-,9-/m0/s1. The first-order chi connectivity index (χ1) is 6.25. The third-order valence-electron chi connectivity index (χ3n) is 1.78. The van der Waals surface area contributed by atoms with Gasteiger partial charge in [-0.1, -0.05) is 42.4 Å². The summed E-state index contributed by atoms with van der Waals surface area (Å²) in [5, 5.41) is 3.31.